The summed E-state index contributed by atoms with van der Waals surface area (Å²) in [5.41, 5.74) is 1.34. The van der Waals surface area contributed by atoms with Crippen molar-refractivity contribution in [1.29, 1.82) is 0 Å². The molecule has 0 bridgehead atoms. The van der Waals surface area contributed by atoms with Crippen molar-refractivity contribution in [3.05, 3.63) is 42.0 Å². The van der Waals surface area contributed by atoms with Gasteiger partial charge in [0.2, 0.25) is 0 Å². The van der Waals surface area contributed by atoms with E-state index in [0.29, 0.717) is 12.2 Å². The van der Waals surface area contributed by atoms with Crippen LogP contribution in [0.2, 0.25) is 0 Å². The van der Waals surface area contributed by atoms with E-state index in [9.17, 15) is 4.79 Å². The number of aryl methyl sites for hydroxylation is 1. The Morgan fingerprint density at radius 1 is 1.17 bits per heavy atom. The van der Waals surface area contributed by atoms with Crippen molar-refractivity contribution in [2.75, 3.05) is 18.4 Å². The lowest BCUT2D eigenvalue weighted by Crippen LogP contribution is -2.38. The number of amides is 1. The molecule has 164 valence electrons. The summed E-state index contributed by atoms with van der Waals surface area (Å²) in [5.74, 6) is 1.58. The molecule has 30 heavy (non-hydrogen) atoms. The predicted octanol–water partition coefficient (Wildman–Crippen LogP) is 2.94. The lowest BCUT2D eigenvalue weighted by atomic mass is 10.1. The Balaban J connectivity index is 1.83. The summed E-state index contributed by atoms with van der Waals surface area (Å²) < 4.78 is 7.23. The highest BCUT2D eigenvalue weighted by atomic mass is 16.6. The average Bonchev–Trinajstić information content (AvgIpc) is 3.13. The number of benzene rings is 1. The Labute approximate surface area is 178 Å². The lowest BCUT2D eigenvalue weighted by molar-refractivity contribution is 0.0636. The fraction of sp³-hybridized carbons (Fsp3) is 0.524. The van der Waals surface area contributed by atoms with Crippen LogP contribution in [-0.2, 0) is 24.2 Å². The maximum absolute atomic E-state index is 11.8. The van der Waals surface area contributed by atoms with E-state index >= 15 is 0 Å². The highest BCUT2D eigenvalue weighted by molar-refractivity contribution is 5.84. The third-order valence-corrected chi connectivity index (χ3v) is 4.06. The molecular weight excluding hydrogens is 382 g/mol. The first-order valence-corrected chi connectivity index (χ1v) is 10.3. The number of anilines is 1. The number of aromatic nitrogens is 3. The second-order valence-corrected chi connectivity index (χ2v) is 7.73. The van der Waals surface area contributed by atoms with Gasteiger partial charge in [-0.05, 0) is 58.7 Å². The van der Waals surface area contributed by atoms with Gasteiger partial charge in [0.15, 0.2) is 11.8 Å². The number of nitrogens with one attached hydrogen (secondary N) is 3. The van der Waals surface area contributed by atoms with E-state index in [1.807, 2.05) is 63.5 Å². The van der Waals surface area contributed by atoms with Crippen molar-refractivity contribution in [2.24, 2.45) is 4.99 Å². The number of hydrogen-bond acceptors (Lipinski definition) is 5. The molecule has 2 aromatic rings. The summed E-state index contributed by atoms with van der Waals surface area (Å²) in [4.78, 5) is 16.4. The molecule has 0 radical (unpaired) electrons. The molecule has 3 N–H and O–H groups in total. The predicted molar refractivity (Wildman–Crippen MR) is 119 cm³/mol. The monoisotopic (exact) mass is 415 g/mol. The van der Waals surface area contributed by atoms with Crippen LogP contribution in [0.25, 0.3) is 0 Å². The van der Waals surface area contributed by atoms with Crippen molar-refractivity contribution in [2.45, 2.75) is 59.7 Å². The molecule has 1 aromatic carbocycles. The SMILES string of the molecule is CCNC(=NCc1nncn1CC)NCCc1ccc(NC(=O)OC(C)(C)C)cc1. The Kier molecular flexibility index (Phi) is 8.64. The molecule has 0 aliphatic heterocycles. The summed E-state index contributed by atoms with van der Waals surface area (Å²) in [6.45, 7) is 12.4. The Hall–Kier alpha value is -3.10. The van der Waals surface area contributed by atoms with Gasteiger partial charge >= 0.3 is 6.09 Å². The normalized spacial score (nSPS) is 11.8. The summed E-state index contributed by atoms with van der Waals surface area (Å²) in [6.07, 6.45) is 2.08. The summed E-state index contributed by atoms with van der Waals surface area (Å²) in [7, 11) is 0. The van der Waals surface area contributed by atoms with E-state index in [1.54, 1.807) is 6.33 Å². The van der Waals surface area contributed by atoms with Gasteiger partial charge in [-0.15, -0.1) is 10.2 Å². The maximum Gasteiger partial charge on any atom is 0.412 e. The molecule has 0 atom stereocenters. The van der Waals surface area contributed by atoms with Crippen LogP contribution in [0.3, 0.4) is 0 Å². The van der Waals surface area contributed by atoms with Gasteiger partial charge in [0.25, 0.3) is 0 Å². The minimum Gasteiger partial charge on any atom is -0.444 e. The molecule has 0 aliphatic rings. The van der Waals surface area contributed by atoms with Crippen molar-refractivity contribution >= 4 is 17.7 Å². The third-order valence-electron chi connectivity index (χ3n) is 4.06. The van der Waals surface area contributed by atoms with Gasteiger partial charge in [-0.25, -0.2) is 9.79 Å². The molecule has 9 nitrogen and oxygen atoms in total. The van der Waals surface area contributed by atoms with Crippen LogP contribution in [-0.4, -0.2) is 45.5 Å². The fourth-order valence-corrected chi connectivity index (χ4v) is 2.66. The van der Waals surface area contributed by atoms with E-state index in [4.69, 9.17) is 4.74 Å². The zero-order valence-corrected chi connectivity index (χ0v) is 18.5. The number of rotatable bonds is 8. The van der Waals surface area contributed by atoms with Gasteiger partial charge in [0.05, 0.1) is 0 Å². The van der Waals surface area contributed by atoms with Crippen LogP contribution in [0.1, 0.15) is 46.0 Å². The second-order valence-electron chi connectivity index (χ2n) is 7.73. The lowest BCUT2D eigenvalue weighted by Gasteiger charge is -2.19. The van der Waals surface area contributed by atoms with Crippen LogP contribution in [0, 0.1) is 0 Å². The number of aliphatic imine (C=N–C) groups is 1. The van der Waals surface area contributed by atoms with Gasteiger partial charge in [-0.1, -0.05) is 12.1 Å². The van der Waals surface area contributed by atoms with Gasteiger partial charge in [0.1, 0.15) is 18.5 Å². The summed E-state index contributed by atoms with van der Waals surface area (Å²) in [6, 6.07) is 7.72. The van der Waals surface area contributed by atoms with Crippen molar-refractivity contribution in [1.82, 2.24) is 25.4 Å². The third kappa shape index (κ3) is 8.10. The van der Waals surface area contributed by atoms with Crippen LogP contribution in [0.4, 0.5) is 10.5 Å². The molecule has 0 saturated carbocycles. The molecule has 1 aromatic heterocycles. The Bertz CT molecular complexity index is 823. The number of hydrogen-bond donors (Lipinski definition) is 3. The van der Waals surface area contributed by atoms with Crippen LogP contribution in [0.15, 0.2) is 35.6 Å². The van der Waals surface area contributed by atoms with E-state index in [-0.39, 0.29) is 0 Å². The maximum atomic E-state index is 11.8. The molecule has 0 unspecified atom stereocenters. The molecular formula is C21H33N7O2. The number of guanidine groups is 1. The van der Waals surface area contributed by atoms with Gasteiger partial charge < -0.3 is 19.9 Å². The molecule has 2 rings (SSSR count). The minimum absolute atomic E-state index is 0.456. The smallest absolute Gasteiger partial charge is 0.412 e. The van der Waals surface area contributed by atoms with Gasteiger partial charge in [0, 0.05) is 25.3 Å². The molecule has 0 aliphatic carbocycles. The largest absolute Gasteiger partial charge is 0.444 e. The zero-order valence-electron chi connectivity index (χ0n) is 18.5. The number of carbonyl (C=O) groups is 1. The van der Waals surface area contributed by atoms with E-state index in [0.717, 1.165) is 43.4 Å². The topological polar surface area (TPSA) is 105 Å². The number of nitrogens with zero attached hydrogens (tertiary/aromatic N) is 4. The van der Waals surface area contributed by atoms with Crippen molar-refractivity contribution in [3.63, 3.8) is 0 Å². The number of ether oxygens (including phenoxy) is 1. The molecule has 9 heteroatoms. The molecule has 1 heterocycles. The first-order valence-electron chi connectivity index (χ1n) is 10.3. The molecule has 0 fully saturated rings. The van der Waals surface area contributed by atoms with Crippen LogP contribution >= 0.6 is 0 Å². The van der Waals surface area contributed by atoms with Crippen LogP contribution < -0.4 is 16.0 Å². The van der Waals surface area contributed by atoms with Gasteiger partial charge in [-0.2, -0.15) is 0 Å². The van der Waals surface area contributed by atoms with Crippen molar-refractivity contribution < 1.29 is 9.53 Å². The Morgan fingerprint density at radius 2 is 1.90 bits per heavy atom. The first kappa shape index (κ1) is 23.2. The first-order chi connectivity index (χ1) is 14.3. The molecule has 0 saturated heterocycles. The minimum atomic E-state index is -0.520. The summed E-state index contributed by atoms with van der Waals surface area (Å²) >= 11 is 0. The standard InChI is InChI=1S/C21H33N7O2/c1-6-22-19(24-14-18-27-25-15-28(18)7-2)23-13-12-16-8-10-17(11-9-16)26-20(29)30-21(3,4)5/h8-11,15H,6-7,12-14H2,1-5H3,(H,26,29)(H2,22,23,24). The molecule has 0 spiro atoms. The highest BCUT2D eigenvalue weighted by Crippen LogP contribution is 2.13. The quantitative estimate of drug-likeness (QED) is 0.452. The molecule has 1 amide bonds. The summed E-state index contributed by atoms with van der Waals surface area (Å²) in [5, 5.41) is 17.3. The van der Waals surface area contributed by atoms with E-state index in [2.05, 4.69) is 31.1 Å². The Morgan fingerprint density at radius 3 is 2.53 bits per heavy atom. The van der Waals surface area contributed by atoms with Gasteiger partial charge in [-0.3, -0.25) is 5.32 Å². The number of carbonyl (C=O) groups excluding carboxylic acids is 1. The average molecular weight is 416 g/mol. The van der Waals surface area contributed by atoms with E-state index < -0.39 is 11.7 Å². The van der Waals surface area contributed by atoms with E-state index in [1.165, 1.54) is 0 Å². The second kappa shape index (κ2) is 11.2. The van der Waals surface area contributed by atoms with Crippen molar-refractivity contribution in [3.8, 4) is 0 Å². The zero-order chi connectivity index (χ0) is 22.0. The highest BCUT2D eigenvalue weighted by Gasteiger charge is 2.16. The fourth-order valence-electron chi connectivity index (χ4n) is 2.66. The van der Waals surface area contributed by atoms with Crippen LogP contribution in [0.5, 0.6) is 0 Å².